The van der Waals surface area contributed by atoms with E-state index in [-0.39, 0.29) is 0 Å². The third-order valence-electron chi connectivity index (χ3n) is 3.12. The van der Waals surface area contributed by atoms with Crippen molar-refractivity contribution in [2.45, 2.75) is 25.7 Å². The standard InChI is InChI=1S/C15H18N4O/c1-2-20-12-5-3-4-11(8-12)17-14-9-13(16)18-15(19-14)10-6-7-10/h3-5,8-10H,2,6-7H2,1H3,(H3,16,17,18,19). The smallest absolute Gasteiger partial charge is 0.136 e. The van der Waals surface area contributed by atoms with Gasteiger partial charge in [-0.05, 0) is 31.9 Å². The summed E-state index contributed by atoms with van der Waals surface area (Å²) in [5.74, 6) is 3.39. The van der Waals surface area contributed by atoms with Crippen LogP contribution in [0.1, 0.15) is 31.5 Å². The molecule has 0 atom stereocenters. The Morgan fingerprint density at radius 3 is 2.90 bits per heavy atom. The Kier molecular flexibility index (Phi) is 3.41. The van der Waals surface area contributed by atoms with Crippen molar-refractivity contribution in [2.24, 2.45) is 0 Å². The lowest BCUT2D eigenvalue weighted by Crippen LogP contribution is -2.02. The average molecular weight is 270 g/mol. The molecule has 1 saturated carbocycles. The maximum absolute atomic E-state index is 5.84. The second-order valence-electron chi connectivity index (χ2n) is 4.90. The average Bonchev–Trinajstić information content (AvgIpc) is 3.23. The van der Waals surface area contributed by atoms with Crippen LogP contribution in [0.25, 0.3) is 0 Å². The van der Waals surface area contributed by atoms with Gasteiger partial charge in [-0.2, -0.15) is 0 Å². The lowest BCUT2D eigenvalue weighted by Gasteiger charge is -2.09. The molecule has 0 unspecified atom stereocenters. The maximum Gasteiger partial charge on any atom is 0.136 e. The molecule has 2 aromatic rings. The summed E-state index contributed by atoms with van der Waals surface area (Å²) in [5.41, 5.74) is 6.77. The van der Waals surface area contributed by atoms with Gasteiger partial charge in [0.05, 0.1) is 6.61 Å². The molecule has 0 radical (unpaired) electrons. The van der Waals surface area contributed by atoms with E-state index in [9.17, 15) is 0 Å². The summed E-state index contributed by atoms with van der Waals surface area (Å²) in [6.45, 7) is 2.61. The van der Waals surface area contributed by atoms with Crippen LogP contribution in [0.4, 0.5) is 17.3 Å². The molecule has 0 spiro atoms. The number of hydrogen-bond acceptors (Lipinski definition) is 5. The van der Waals surface area contributed by atoms with Crippen molar-refractivity contribution < 1.29 is 4.74 Å². The summed E-state index contributed by atoms with van der Waals surface area (Å²) in [6, 6.07) is 9.54. The molecule has 1 heterocycles. The SMILES string of the molecule is CCOc1cccc(Nc2cc(N)nc(C3CC3)n2)c1. The summed E-state index contributed by atoms with van der Waals surface area (Å²) in [7, 11) is 0. The van der Waals surface area contributed by atoms with Crippen molar-refractivity contribution in [3.05, 3.63) is 36.2 Å². The number of ether oxygens (including phenoxy) is 1. The Labute approximate surface area is 118 Å². The van der Waals surface area contributed by atoms with Crippen LogP contribution in [0.5, 0.6) is 5.75 Å². The van der Waals surface area contributed by atoms with Crippen molar-refractivity contribution in [1.82, 2.24) is 9.97 Å². The predicted octanol–water partition coefficient (Wildman–Crippen LogP) is 3.08. The number of nitrogens with zero attached hydrogens (tertiary/aromatic N) is 2. The number of hydrogen-bond donors (Lipinski definition) is 2. The van der Waals surface area contributed by atoms with E-state index in [2.05, 4.69) is 15.3 Å². The monoisotopic (exact) mass is 270 g/mol. The van der Waals surface area contributed by atoms with Gasteiger partial charge in [-0.1, -0.05) is 6.07 Å². The van der Waals surface area contributed by atoms with E-state index in [1.54, 1.807) is 6.07 Å². The molecule has 1 aromatic heterocycles. The molecule has 1 aliphatic carbocycles. The van der Waals surface area contributed by atoms with E-state index < -0.39 is 0 Å². The quantitative estimate of drug-likeness (QED) is 0.873. The number of rotatable bonds is 5. The molecule has 0 bridgehead atoms. The van der Waals surface area contributed by atoms with E-state index in [4.69, 9.17) is 10.5 Å². The van der Waals surface area contributed by atoms with Crippen LogP contribution in [0.3, 0.4) is 0 Å². The minimum absolute atomic E-state index is 0.480. The molecule has 1 aromatic carbocycles. The minimum atomic E-state index is 0.480. The summed E-state index contributed by atoms with van der Waals surface area (Å²) < 4.78 is 5.48. The van der Waals surface area contributed by atoms with Gasteiger partial charge in [-0.25, -0.2) is 9.97 Å². The third kappa shape index (κ3) is 2.99. The van der Waals surface area contributed by atoms with E-state index >= 15 is 0 Å². The van der Waals surface area contributed by atoms with Gasteiger partial charge in [0.15, 0.2) is 0 Å². The number of nitrogens with two attached hydrogens (primary N) is 1. The fourth-order valence-electron chi connectivity index (χ4n) is 2.05. The Morgan fingerprint density at radius 2 is 2.15 bits per heavy atom. The molecule has 5 nitrogen and oxygen atoms in total. The highest BCUT2D eigenvalue weighted by Gasteiger charge is 2.27. The number of nitrogens with one attached hydrogen (secondary N) is 1. The van der Waals surface area contributed by atoms with Gasteiger partial charge >= 0.3 is 0 Å². The molecule has 20 heavy (non-hydrogen) atoms. The normalized spacial score (nSPS) is 14.1. The zero-order valence-electron chi connectivity index (χ0n) is 11.5. The molecular weight excluding hydrogens is 252 g/mol. The van der Waals surface area contributed by atoms with Crippen molar-refractivity contribution in [1.29, 1.82) is 0 Å². The van der Waals surface area contributed by atoms with Gasteiger partial charge in [0, 0.05) is 23.7 Å². The second kappa shape index (κ2) is 5.36. The Hall–Kier alpha value is -2.30. The molecule has 5 heteroatoms. The van der Waals surface area contributed by atoms with Crippen LogP contribution in [0.15, 0.2) is 30.3 Å². The van der Waals surface area contributed by atoms with Crippen molar-refractivity contribution >= 4 is 17.3 Å². The molecule has 1 aliphatic rings. The van der Waals surface area contributed by atoms with Crippen LogP contribution in [0, 0.1) is 0 Å². The Bertz CT molecular complexity index is 611. The van der Waals surface area contributed by atoms with Crippen LogP contribution in [-0.4, -0.2) is 16.6 Å². The van der Waals surface area contributed by atoms with Gasteiger partial charge in [-0.3, -0.25) is 0 Å². The number of aromatic nitrogens is 2. The minimum Gasteiger partial charge on any atom is -0.494 e. The number of nitrogen functional groups attached to an aromatic ring is 1. The van der Waals surface area contributed by atoms with Crippen molar-refractivity contribution in [3.63, 3.8) is 0 Å². The predicted molar refractivity (Wildman–Crippen MR) is 79.3 cm³/mol. The van der Waals surface area contributed by atoms with E-state index in [0.717, 1.165) is 35.9 Å². The molecule has 0 aliphatic heterocycles. The Morgan fingerprint density at radius 1 is 1.30 bits per heavy atom. The van der Waals surface area contributed by atoms with Crippen LogP contribution >= 0.6 is 0 Å². The zero-order chi connectivity index (χ0) is 13.9. The lowest BCUT2D eigenvalue weighted by molar-refractivity contribution is 0.340. The fraction of sp³-hybridized carbons (Fsp3) is 0.333. The largest absolute Gasteiger partial charge is 0.494 e. The van der Waals surface area contributed by atoms with Crippen LogP contribution in [-0.2, 0) is 0 Å². The molecule has 3 N–H and O–H groups in total. The summed E-state index contributed by atoms with van der Waals surface area (Å²) in [4.78, 5) is 8.81. The summed E-state index contributed by atoms with van der Waals surface area (Å²) in [5, 5.41) is 3.26. The van der Waals surface area contributed by atoms with Gasteiger partial charge in [0.2, 0.25) is 0 Å². The van der Waals surface area contributed by atoms with E-state index in [1.807, 2.05) is 31.2 Å². The summed E-state index contributed by atoms with van der Waals surface area (Å²) in [6.07, 6.45) is 2.31. The Balaban J connectivity index is 1.81. The van der Waals surface area contributed by atoms with E-state index in [0.29, 0.717) is 18.3 Å². The van der Waals surface area contributed by atoms with E-state index in [1.165, 1.54) is 0 Å². The number of anilines is 3. The first-order valence-electron chi connectivity index (χ1n) is 6.89. The van der Waals surface area contributed by atoms with Gasteiger partial charge in [0.25, 0.3) is 0 Å². The highest BCUT2D eigenvalue weighted by molar-refractivity contribution is 5.60. The van der Waals surface area contributed by atoms with Crippen LogP contribution in [0.2, 0.25) is 0 Å². The lowest BCUT2D eigenvalue weighted by atomic mass is 10.3. The van der Waals surface area contributed by atoms with Crippen molar-refractivity contribution in [3.8, 4) is 5.75 Å². The number of benzene rings is 1. The van der Waals surface area contributed by atoms with Gasteiger partial charge in [-0.15, -0.1) is 0 Å². The van der Waals surface area contributed by atoms with Crippen LogP contribution < -0.4 is 15.8 Å². The molecular formula is C15H18N4O. The van der Waals surface area contributed by atoms with Gasteiger partial charge < -0.3 is 15.8 Å². The first-order valence-corrected chi connectivity index (χ1v) is 6.89. The molecule has 104 valence electrons. The summed E-state index contributed by atoms with van der Waals surface area (Å²) >= 11 is 0. The molecule has 1 fully saturated rings. The molecule has 0 amide bonds. The first-order chi connectivity index (χ1) is 9.74. The third-order valence-corrected chi connectivity index (χ3v) is 3.12. The molecule has 0 saturated heterocycles. The van der Waals surface area contributed by atoms with Crippen molar-refractivity contribution in [2.75, 3.05) is 17.7 Å². The maximum atomic E-state index is 5.84. The molecule has 3 rings (SSSR count). The fourth-order valence-corrected chi connectivity index (χ4v) is 2.05. The first kappa shape index (κ1) is 12.7. The highest BCUT2D eigenvalue weighted by atomic mass is 16.5. The zero-order valence-corrected chi connectivity index (χ0v) is 11.5. The highest BCUT2D eigenvalue weighted by Crippen LogP contribution is 2.38. The van der Waals surface area contributed by atoms with Gasteiger partial charge in [0.1, 0.15) is 23.2 Å². The topological polar surface area (TPSA) is 73.1 Å². The second-order valence-corrected chi connectivity index (χ2v) is 4.90.